The molecule has 0 saturated heterocycles. The van der Waals surface area contributed by atoms with E-state index in [0.717, 1.165) is 19.0 Å². The van der Waals surface area contributed by atoms with Crippen molar-refractivity contribution in [1.29, 1.82) is 0 Å². The first-order valence-corrected chi connectivity index (χ1v) is 5.02. The molecule has 0 aromatic heterocycles. The zero-order valence-corrected chi connectivity index (χ0v) is 9.97. The van der Waals surface area contributed by atoms with E-state index in [2.05, 4.69) is 47.8 Å². The number of halogens is 3. The highest BCUT2D eigenvalue weighted by Gasteiger charge is 1.99. The van der Waals surface area contributed by atoms with E-state index in [1.54, 1.807) is 0 Å². The average molecular weight is 330 g/mol. The van der Waals surface area contributed by atoms with Crippen molar-refractivity contribution in [3.05, 3.63) is 31.1 Å². The van der Waals surface area contributed by atoms with Gasteiger partial charge in [0.05, 0.1) is 1.37 Å². The molecule has 0 heterocycles. The Hall–Kier alpha value is 0.660. The molecule has 0 saturated carbocycles. The SMILES string of the molecule is [2H]c1c(Br)cc(Br)c(C)c1Br. The molecule has 3 heteroatoms. The fourth-order valence-electron chi connectivity index (χ4n) is 0.559. The molecule has 1 aromatic carbocycles. The highest BCUT2D eigenvalue weighted by molar-refractivity contribution is 9.11. The first-order valence-electron chi connectivity index (χ1n) is 3.14. The van der Waals surface area contributed by atoms with E-state index in [4.69, 9.17) is 1.37 Å². The summed E-state index contributed by atoms with van der Waals surface area (Å²) >= 11 is 10.0. The van der Waals surface area contributed by atoms with E-state index >= 15 is 0 Å². The van der Waals surface area contributed by atoms with Crippen LogP contribution in [0.5, 0.6) is 0 Å². The summed E-state index contributed by atoms with van der Waals surface area (Å²) < 4.78 is 10.2. The van der Waals surface area contributed by atoms with Crippen LogP contribution < -0.4 is 0 Å². The summed E-state index contributed by atoms with van der Waals surface area (Å²) in [7, 11) is 0. The fraction of sp³-hybridized carbons (Fsp3) is 0.143. The predicted octanol–water partition coefficient (Wildman–Crippen LogP) is 4.28. The largest absolute Gasteiger partial charge is 0.0647 e. The summed E-state index contributed by atoms with van der Waals surface area (Å²) in [5.41, 5.74) is 1.05. The summed E-state index contributed by atoms with van der Waals surface area (Å²) in [6.45, 7) is 1.96. The van der Waals surface area contributed by atoms with E-state index in [9.17, 15) is 0 Å². The van der Waals surface area contributed by atoms with Crippen molar-refractivity contribution < 1.29 is 1.37 Å². The van der Waals surface area contributed by atoms with Crippen LogP contribution in [-0.4, -0.2) is 0 Å². The van der Waals surface area contributed by atoms with Gasteiger partial charge in [0.1, 0.15) is 0 Å². The molecule has 0 radical (unpaired) electrons. The molecule has 0 spiro atoms. The maximum Gasteiger partial charge on any atom is 0.0647 e. The Morgan fingerprint density at radius 1 is 1.30 bits per heavy atom. The molecule has 0 aliphatic heterocycles. The van der Waals surface area contributed by atoms with Crippen molar-refractivity contribution in [2.24, 2.45) is 0 Å². The lowest BCUT2D eigenvalue weighted by molar-refractivity contribution is 1.38. The molecule has 10 heavy (non-hydrogen) atoms. The molecule has 0 amide bonds. The standard InChI is InChI=1S/C7H5Br3/c1-4-6(9)2-5(8)3-7(4)10/h2-3H,1H3/i2D. The minimum atomic E-state index is 0.491. The molecule has 0 nitrogen and oxygen atoms in total. The zero-order valence-electron chi connectivity index (χ0n) is 6.21. The van der Waals surface area contributed by atoms with Crippen LogP contribution in [0.1, 0.15) is 6.93 Å². The summed E-state index contributed by atoms with van der Waals surface area (Å²) in [5, 5.41) is 0. The Balaban J connectivity index is 3.46. The van der Waals surface area contributed by atoms with Crippen molar-refractivity contribution in [2.45, 2.75) is 6.92 Å². The highest BCUT2D eigenvalue weighted by atomic mass is 79.9. The predicted molar refractivity (Wildman–Crippen MR) is 54.3 cm³/mol. The number of benzene rings is 1. The molecule has 1 rings (SSSR count). The van der Waals surface area contributed by atoms with Crippen LogP contribution in [0.25, 0.3) is 0 Å². The second-order valence-electron chi connectivity index (χ2n) is 1.90. The van der Waals surface area contributed by atoms with Gasteiger partial charge in [-0.3, -0.25) is 0 Å². The molecule has 0 unspecified atom stereocenters. The Kier molecular flexibility index (Phi) is 2.47. The molecular formula is C7H5Br3. The smallest absolute Gasteiger partial charge is 0.0508 e. The maximum atomic E-state index is 7.57. The summed E-state index contributed by atoms with van der Waals surface area (Å²) in [5.74, 6) is 0. The van der Waals surface area contributed by atoms with Crippen molar-refractivity contribution in [3.8, 4) is 0 Å². The fourth-order valence-corrected chi connectivity index (χ4v) is 2.68. The van der Waals surface area contributed by atoms with Gasteiger partial charge in [-0.15, -0.1) is 0 Å². The monoisotopic (exact) mass is 327 g/mol. The third-order valence-corrected chi connectivity index (χ3v) is 3.21. The Labute approximate surface area is 86.8 Å². The minimum absolute atomic E-state index is 0.491. The van der Waals surface area contributed by atoms with Crippen molar-refractivity contribution >= 4 is 47.8 Å². The van der Waals surface area contributed by atoms with Gasteiger partial charge in [-0.25, -0.2) is 0 Å². The molecule has 0 aliphatic carbocycles. The number of hydrogen-bond acceptors (Lipinski definition) is 0. The maximum absolute atomic E-state index is 7.57. The van der Waals surface area contributed by atoms with Gasteiger partial charge >= 0.3 is 0 Å². The Bertz CT molecular complexity index is 270. The van der Waals surface area contributed by atoms with Gasteiger partial charge in [-0.05, 0) is 24.6 Å². The van der Waals surface area contributed by atoms with E-state index in [1.807, 2.05) is 13.0 Å². The van der Waals surface area contributed by atoms with Gasteiger partial charge in [0.25, 0.3) is 0 Å². The lowest BCUT2D eigenvalue weighted by Gasteiger charge is -2.00. The van der Waals surface area contributed by atoms with Crippen LogP contribution in [-0.2, 0) is 0 Å². The van der Waals surface area contributed by atoms with Crippen LogP contribution in [0.2, 0.25) is 0 Å². The lowest BCUT2D eigenvalue weighted by Crippen LogP contribution is -1.77. The summed E-state index contributed by atoms with van der Waals surface area (Å²) in [6, 6.07) is 2.37. The topological polar surface area (TPSA) is 0 Å². The first-order chi connectivity index (χ1) is 5.04. The minimum Gasteiger partial charge on any atom is -0.0508 e. The van der Waals surface area contributed by atoms with Crippen LogP contribution in [0, 0.1) is 6.92 Å². The second kappa shape index (κ2) is 3.37. The quantitative estimate of drug-likeness (QED) is 0.666. The third-order valence-electron chi connectivity index (χ3n) is 1.17. The molecule has 54 valence electrons. The first kappa shape index (κ1) is 7.32. The molecule has 0 bridgehead atoms. The van der Waals surface area contributed by atoms with E-state index in [1.165, 1.54) is 0 Å². The zero-order chi connectivity index (χ0) is 8.59. The molecule has 0 aliphatic rings. The Morgan fingerprint density at radius 2 is 1.90 bits per heavy atom. The van der Waals surface area contributed by atoms with Gasteiger partial charge in [0, 0.05) is 13.4 Å². The van der Waals surface area contributed by atoms with Gasteiger partial charge < -0.3 is 0 Å². The lowest BCUT2D eigenvalue weighted by atomic mass is 10.2. The number of rotatable bonds is 0. The van der Waals surface area contributed by atoms with Gasteiger partial charge in [0.15, 0.2) is 0 Å². The summed E-state index contributed by atoms with van der Waals surface area (Å²) in [4.78, 5) is 0. The molecule has 0 fully saturated rings. The van der Waals surface area contributed by atoms with Gasteiger partial charge in [0.2, 0.25) is 0 Å². The van der Waals surface area contributed by atoms with E-state index in [-0.39, 0.29) is 0 Å². The normalized spacial score (nSPS) is 11.4. The van der Waals surface area contributed by atoms with Crippen molar-refractivity contribution in [3.63, 3.8) is 0 Å². The van der Waals surface area contributed by atoms with Crippen LogP contribution >= 0.6 is 47.8 Å². The van der Waals surface area contributed by atoms with Crippen molar-refractivity contribution in [2.75, 3.05) is 0 Å². The second-order valence-corrected chi connectivity index (χ2v) is 4.41. The van der Waals surface area contributed by atoms with Crippen LogP contribution in [0.3, 0.4) is 0 Å². The van der Waals surface area contributed by atoms with Crippen molar-refractivity contribution in [1.82, 2.24) is 0 Å². The van der Waals surface area contributed by atoms with Gasteiger partial charge in [-0.1, -0.05) is 47.8 Å². The number of hydrogen-bond donors (Lipinski definition) is 0. The highest BCUT2D eigenvalue weighted by Crippen LogP contribution is 2.28. The Morgan fingerprint density at radius 3 is 2.50 bits per heavy atom. The molecule has 1 aromatic rings. The average Bonchev–Trinajstić information content (AvgIpc) is 1.97. The van der Waals surface area contributed by atoms with E-state index < -0.39 is 0 Å². The van der Waals surface area contributed by atoms with Crippen LogP contribution in [0.4, 0.5) is 0 Å². The van der Waals surface area contributed by atoms with Gasteiger partial charge in [-0.2, -0.15) is 0 Å². The molecule has 0 N–H and O–H groups in total. The third kappa shape index (κ3) is 1.83. The molecule has 0 atom stereocenters. The molecular weight excluding hydrogens is 324 g/mol. The van der Waals surface area contributed by atoms with Crippen LogP contribution in [0.15, 0.2) is 25.5 Å². The van der Waals surface area contributed by atoms with E-state index in [0.29, 0.717) is 6.04 Å². The summed E-state index contributed by atoms with van der Waals surface area (Å²) in [6.07, 6.45) is 0.